The van der Waals surface area contributed by atoms with Crippen LogP contribution < -0.4 is 4.74 Å². The van der Waals surface area contributed by atoms with Gasteiger partial charge in [-0.1, -0.05) is 42.5 Å². The molecule has 0 saturated carbocycles. The van der Waals surface area contributed by atoms with Gasteiger partial charge in [-0.3, -0.25) is 4.90 Å². The van der Waals surface area contributed by atoms with E-state index in [4.69, 9.17) is 4.74 Å². The summed E-state index contributed by atoms with van der Waals surface area (Å²) in [6, 6.07) is 20.3. The Balaban J connectivity index is 1.43. The van der Waals surface area contributed by atoms with E-state index in [1.807, 2.05) is 48.5 Å². The number of sulfone groups is 1. The van der Waals surface area contributed by atoms with Crippen molar-refractivity contribution in [1.29, 1.82) is 0 Å². The number of benzene rings is 3. The molecule has 1 heterocycles. The van der Waals surface area contributed by atoms with Gasteiger partial charge in [0, 0.05) is 29.7 Å². The van der Waals surface area contributed by atoms with Crippen LogP contribution in [-0.2, 0) is 23.0 Å². The van der Waals surface area contributed by atoms with Gasteiger partial charge in [0.1, 0.15) is 18.2 Å². The standard InChI is InChI=1S/C24H23BrFNO3S/c25-24-20(6-3-9-23(24)19-5-2-7-21(26)15-19)17-30-22-8-1-4-18(14-22)16-27-10-12-31(28,29)13-11-27/h1-9,14-15H,10-13,16-17H2. The summed E-state index contributed by atoms with van der Waals surface area (Å²) in [7, 11) is -2.88. The second-order valence-electron chi connectivity index (χ2n) is 7.65. The van der Waals surface area contributed by atoms with Crippen molar-refractivity contribution in [2.75, 3.05) is 24.6 Å². The summed E-state index contributed by atoms with van der Waals surface area (Å²) in [5.74, 6) is 0.928. The number of hydrogen-bond donors (Lipinski definition) is 0. The minimum absolute atomic E-state index is 0.221. The van der Waals surface area contributed by atoms with Crippen LogP contribution in [-0.4, -0.2) is 37.9 Å². The predicted octanol–water partition coefficient (Wildman–Crippen LogP) is 5.06. The summed E-state index contributed by atoms with van der Waals surface area (Å²) in [6.45, 7) is 2.20. The van der Waals surface area contributed by atoms with Crippen LogP contribution >= 0.6 is 15.9 Å². The molecular formula is C24H23BrFNO3S. The van der Waals surface area contributed by atoms with Gasteiger partial charge in [-0.15, -0.1) is 0 Å². The molecule has 31 heavy (non-hydrogen) atoms. The summed E-state index contributed by atoms with van der Waals surface area (Å²) in [4.78, 5) is 2.15. The van der Waals surface area contributed by atoms with Crippen molar-refractivity contribution in [3.63, 3.8) is 0 Å². The third kappa shape index (κ3) is 5.73. The quantitative estimate of drug-likeness (QED) is 0.471. The average molecular weight is 504 g/mol. The molecule has 0 amide bonds. The lowest BCUT2D eigenvalue weighted by Gasteiger charge is -2.26. The Hall–Kier alpha value is -2.22. The third-order valence-corrected chi connectivity index (χ3v) is 7.90. The van der Waals surface area contributed by atoms with Crippen LogP contribution in [0.2, 0.25) is 0 Å². The van der Waals surface area contributed by atoms with Crippen molar-refractivity contribution < 1.29 is 17.5 Å². The highest BCUT2D eigenvalue weighted by Crippen LogP contribution is 2.32. The zero-order valence-electron chi connectivity index (χ0n) is 16.9. The molecule has 7 heteroatoms. The van der Waals surface area contributed by atoms with Crippen molar-refractivity contribution in [1.82, 2.24) is 4.90 Å². The fourth-order valence-corrected chi connectivity index (χ4v) is 5.52. The fraction of sp³-hybridized carbons (Fsp3) is 0.250. The molecule has 0 spiro atoms. The van der Waals surface area contributed by atoms with Gasteiger partial charge in [-0.25, -0.2) is 12.8 Å². The van der Waals surface area contributed by atoms with Gasteiger partial charge in [0.25, 0.3) is 0 Å². The van der Waals surface area contributed by atoms with E-state index >= 15 is 0 Å². The van der Waals surface area contributed by atoms with Gasteiger partial charge in [0.15, 0.2) is 9.84 Å². The lowest BCUT2D eigenvalue weighted by atomic mass is 10.0. The molecule has 1 saturated heterocycles. The largest absolute Gasteiger partial charge is 0.489 e. The lowest BCUT2D eigenvalue weighted by Crippen LogP contribution is -2.39. The van der Waals surface area contributed by atoms with Crippen molar-refractivity contribution in [3.8, 4) is 16.9 Å². The monoisotopic (exact) mass is 503 g/mol. The topological polar surface area (TPSA) is 46.6 Å². The smallest absolute Gasteiger partial charge is 0.152 e. The van der Waals surface area contributed by atoms with Crippen molar-refractivity contribution in [2.45, 2.75) is 13.2 Å². The Labute approximate surface area is 190 Å². The van der Waals surface area contributed by atoms with Gasteiger partial charge in [-0.2, -0.15) is 0 Å². The maximum Gasteiger partial charge on any atom is 0.152 e. The van der Waals surface area contributed by atoms with Crippen LogP contribution in [0, 0.1) is 5.82 Å². The first-order chi connectivity index (χ1) is 14.9. The highest BCUT2D eigenvalue weighted by molar-refractivity contribution is 9.10. The van der Waals surface area contributed by atoms with E-state index in [0.717, 1.165) is 32.5 Å². The average Bonchev–Trinajstić information content (AvgIpc) is 2.75. The Morgan fingerprint density at radius 3 is 2.48 bits per heavy atom. The Morgan fingerprint density at radius 1 is 0.968 bits per heavy atom. The maximum atomic E-state index is 13.6. The van der Waals surface area contributed by atoms with E-state index < -0.39 is 9.84 Å². The molecule has 0 radical (unpaired) electrons. The van der Waals surface area contributed by atoms with E-state index in [0.29, 0.717) is 26.2 Å². The number of nitrogens with zero attached hydrogens (tertiary/aromatic N) is 1. The summed E-state index contributed by atoms with van der Waals surface area (Å²) in [6.07, 6.45) is 0. The van der Waals surface area contributed by atoms with E-state index in [-0.39, 0.29) is 17.3 Å². The number of halogens is 2. The van der Waals surface area contributed by atoms with Crippen LogP contribution in [0.15, 0.2) is 71.2 Å². The molecular weight excluding hydrogens is 481 g/mol. The minimum atomic E-state index is -2.88. The highest BCUT2D eigenvalue weighted by atomic mass is 79.9. The maximum absolute atomic E-state index is 13.6. The molecule has 1 aliphatic heterocycles. The first kappa shape index (κ1) is 22.0. The highest BCUT2D eigenvalue weighted by Gasteiger charge is 2.21. The normalized spacial score (nSPS) is 16.2. The fourth-order valence-electron chi connectivity index (χ4n) is 3.63. The van der Waals surface area contributed by atoms with Gasteiger partial charge in [0.2, 0.25) is 0 Å². The van der Waals surface area contributed by atoms with Crippen molar-refractivity contribution in [3.05, 3.63) is 88.1 Å². The van der Waals surface area contributed by atoms with Crippen molar-refractivity contribution >= 4 is 25.8 Å². The van der Waals surface area contributed by atoms with Gasteiger partial charge in [0.05, 0.1) is 11.5 Å². The second kappa shape index (κ2) is 9.51. The van der Waals surface area contributed by atoms with E-state index in [1.165, 1.54) is 12.1 Å². The summed E-state index contributed by atoms with van der Waals surface area (Å²) in [5, 5.41) is 0. The van der Waals surface area contributed by atoms with E-state index in [2.05, 4.69) is 20.8 Å². The molecule has 1 fully saturated rings. The van der Waals surface area contributed by atoms with E-state index in [1.54, 1.807) is 6.07 Å². The molecule has 0 aliphatic carbocycles. The number of hydrogen-bond acceptors (Lipinski definition) is 4. The first-order valence-electron chi connectivity index (χ1n) is 10.1. The second-order valence-corrected chi connectivity index (χ2v) is 10.7. The van der Waals surface area contributed by atoms with Crippen LogP contribution in [0.3, 0.4) is 0 Å². The van der Waals surface area contributed by atoms with Gasteiger partial charge in [-0.05, 0) is 56.9 Å². The van der Waals surface area contributed by atoms with Crippen molar-refractivity contribution in [2.24, 2.45) is 0 Å². The minimum Gasteiger partial charge on any atom is -0.489 e. The summed E-state index contributed by atoms with van der Waals surface area (Å²) >= 11 is 3.65. The van der Waals surface area contributed by atoms with Crippen LogP contribution in [0.4, 0.5) is 4.39 Å². The zero-order chi connectivity index (χ0) is 21.8. The molecule has 4 rings (SSSR count). The Kier molecular flexibility index (Phi) is 6.74. The first-order valence-corrected chi connectivity index (χ1v) is 12.7. The van der Waals surface area contributed by atoms with Crippen LogP contribution in [0.5, 0.6) is 5.75 Å². The Bertz CT molecular complexity index is 1170. The van der Waals surface area contributed by atoms with Gasteiger partial charge < -0.3 is 4.74 Å². The zero-order valence-corrected chi connectivity index (χ0v) is 19.3. The Morgan fingerprint density at radius 2 is 1.71 bits per heavy atom. The molecule has 0 N–H and O–H groups in total. The molecule has 3 aromatic rings. The van der Waals surface area contributed by atoms with Crippen LogP contribution in [0.25, 0.3) is 11.1 Å². The molecule has 4 nitrogen and oxygen atoms in total. The molecule has 0 atom stereocenters. The van der Waals surface area contributed by atoms with Crippen LogP contribution in [0.1, 0.15) is 11.1 Å². The predicted molar refractivity (Wildman–Crippen MR) is 124 cm³/mol. The SMILES string of the molecule is O=S1(=O)CCN(Cc2cccc(OCc3cccc(-c4cccc(F)c4)c3Br)c2)CC1. The number of ether oxygens (including phenoxy) is 1. The van der Waals surface area contributed by atoms with E-state index in [9.17, 15) is 12.8 Å². The molecule has 0 bridgehead atoms. The summed E-state index contributed by atoms with van der Waals surface area (Å²) in [5.41, 5.74) is 3.77. The molecule has 3 aromatic carbocycles. The third-order valence-electron chi connectivity index (χ3n) is 5.35. The molecule has 1 aliphatic rings. The lowest BCUT2D eigenvalue weighted by molar-refractivity contribution is 0.284. The molecule has 0 unspecified atom stereocenters. The summed E-state index contributed by atoms with van der Waals surface area (Å²) < 4.78 is 43.8. The van der Waals surface area contributed by atoms with Gasteiger partial charge >= 0.3 is 0 Å². The molecule has 162 valence electrons. The number of rotatable bonds is 6. The molecule has 0 aromatic heterocycles.